The van der Waals surface area contributed by atoms with Crippen LogP contribution in [0.25, 0.3) is 0 Å². The summed E-state index contributed by atoms with van der Waals surface area (Å²) in [6.45, 7) is 0.537. The maximum absolute atomic E-state index is 12.0. The van der Waals surface area contributed by atoms with Crippen LogP contribution in [0.5, 0.6) is 0 Å². The van der Waals surface area contributed by atoms with Crippen LogP contribution >= 0.6 is 11.6 Å². The fourth-order valence-corrected chi connectivity index (χ4v) is 2.67. The molecule has 1 aromatic rings. The Morgan fingerprint density at radius 1 is 1.42 bits per heavy atom. The average molecular weight is 282 g/mol. The summed E-state index contributed by atoms with van der Waals surface area (Å²) in [6, 6.07) is 8.88. The molecule has 5 heteroatoms. The van der Waals surface area contributed by atoms with Crippen molar-refractivity contribution in [2.45, 2.75) is 18.9 Å². The molecule has 2 atom stereocenters. The third kappa shape index (κ3) is 3.26. The number of alkyl halides is 1. The summed E-state index contributed by atoms with van der Waals surface area (Å²) in [5, 5.41) is 9.05. The number of likely N-dealkylation sites (tertiary alicyclic amines) is 1. The molecular weight excluding hydrogens is 266 g/mol. The highest BCUT2D eigenvalue weighted by Crippen LogP contribution is 2.31. The van der Waals surface area contributed by atoms with E-state index in [-0.39, 0.29) is 18.2 Å². The lowest BCUT2D eigenvalue weighted by Gasteiger charge is -2.27. The van der Waals surface area contributed by atoms with E-state index < -0.39 is 12.0 Å². The first kappa shape index (κ1) is 13.9. The molecule has 1 fully saturated rings. The quantitative estimate of drug-likeness (QED) is 0.843. The van der Waals surface area contributed by atoms with Gasteiger partial charge in [0.05, 0.1) is 12.5 Å². The zero-order valence-electron chi connectivity index (χ0n) is 10.5. The number of nitrogens with zero attached hydrogens (tertiary/aromatic N) is 1. The van der Waals surface area contributed by atoms with E-state index in [1.54, 1.807) is 4.90 Å². The topological polar surface area (TPSA) is 57.6 Å². The molecule has 1 amide bonds. The molecule has 0 radical (unpaired) electrons. The van der Waals surface area contributed by atoms with Crippen LogP contribution in [0.15, 0.2) is 30.3 Å². The van der Waals surface area contributed by atoms with Crippen molar-refractivity contribution >= 4 is 23.5 Å². The Morgan fingerprint density at radius 2 is 2.11 bits per heavy atom. The minimum atomic E-state index is -0.907. The highest BCUT2D eigenvalue weighted by molar-refractivity contribution is 6.18. The molecular formula is C14H16ClNO3. The van der Waals surface area contributed by atoms with Crippen LogP contribution in [0.1, 0.15) is 24.4 Å². The zero-order valence-corrected chi connectivity index (χ0v) is 11.2. The summed E-state index contributed by atoms with van der Waals surface area (Å²) in [7, 11) is 0. The van der Waals surface area contributed by atoms with Crippen molar-refractivity contribution in [3.63, 3.8) is 0 Å². The predicted octanol–water partition coefficient (Wildman–Crippen LogP) is 2.29. The molecule has 0 aromatic heterocycles. The van der Waals surface area contributed by atoms with Gasteiger partial charge in [-0.2, -0.15) is 0 Å². The third-order valence-corrected chi connectivity index (χ3v) is 3.82. The highest BCUT2D eigenvalue weighted by atomic mass is 35.5. The molecule has 1 aliphatic heterocycles. The van der Waals surface area contributed by atoms with E-state index in [0.717, 1.165) is 5.56 Å². The van der Waals surface area contributed by atoms with Gasteiger partial charge in [-0.05, 0) is 11.5 Å². The molecule has 1 aliphatic rings. The van der Waals surface area contributed by atoms with E-state index in [1.165, 1.54) is 0 Å². The molecule has 2 rings (SSSR count). The van der Waals surface area contributed by atoms with Crippen LogP contribution in [-0.2, 0) is 9.59 Å². The van der Waals surface area contributed by atoms with Crippen molar-refractivity contribution in [3.8, 4) is 0 Å². The van der Waals surface area contributed by atoms with Crippen LogP contribution < -0.4 is 0 Å². The number of carboxylic acids is 1. The number of carboxylic acid groups (broad SMARTS) is 1. The second-order valence-electron chi connectivity index (χ2n) is 4.79. The molecule has 2 unspecified atom stereocenters. The number of hydrogen-bond donors (Lipinski definition) is 1. The van der Waals surface area contributed by atoms with E-state index in [4.69, 9.17) is 16.7 Å². The Morgan fingerprint density at radius 3 is 2.63 bits per heavy atom. The summed E-state index contributed by atoms with van der Waals surface area (Å²) < 4.78 is 0. The maximum Gasteiger partial charge on any atom is 0.305 e. The summed E-state index contributed by atoms with van der Waals surface area (Å²) in [5.41, 5.74) is 0.855. The second-order valence-corrected chi connectivity index (χ2v) is 5.10. The van der Waals surface area contributed by atoms with E-state index in [0.29, 0.717) is 18.8 Å². The molecule has 1 aromatic carbocycles. The van der Waals surface area contributed by atoms with Gasteiger partial charge in [-0.25, -0.2) is 0 Å². The van der Waals surface area contributed by atoms with Gasteiger partial charge in [0.25, 0.3) is 0 Å². The summed E-state index contributed by atoms with van der Waals surface area (Å²) in [5.74, 6) is -0.373. The molecule has 1 heterocycles. The minimum absolute atomic E-state index is 0.0132. The molecule has 19 heavy (non-hydrogen) atoms. The van der Waals surface area contributed by atoms with Gasteiger partial charge in [-0.3, -0.25) is 9.59 Å². The van der Waals surface area contributed by atoms with E-state index in [9.17, 15) is 9.59 Å². The normalized spacial score (nSPS) is 20.6. The largest absolute Gasteiger partial charge is 0.481 e. The Hall–Kier alpha value is -1.55. The summed E-state index contributed by atoms with van der Waals surface area (Å²) in [4.78, 5) is 24.7. The van der Waals surface area contributed by atoms with Crippen molar-refractivity contribution in [2.24, 2.45) is 5.92 Å². The first-order chi connectivity index (χ1) is 9.11. The van der Waals surface area contributed by atoms with Gasteiger partial charge in [0.15, 0.2) is 0 Å². The van der Waals surface area contributed by atoms with Gasteiger partial charge < -0.3 is 10.0 Å². The molecule has 1 saturated heterocycles. The van der Waals surface area contributed by atoms with Crippen molar-refractivity contribution in [2.75, 3.05) is 12.4 Å². The molecule has 0 aliphatic carbocycles. The zero-order chi connectivity index (χ0) is 13.8. The molecule has 1 N–H and O–H groups in total. The number of carbonyl (C=O) groups excluding carboxylic acids is 1. The van der Waals surface area contributed by atoms with Crippen LogP contribution in [0.4, 0.5) is 0 Å². The second kappa shape index (κ2) is 6.06. The van der Waals surface area contributed by atoms with Gasteiger partial charge >= 0.3 is 5.97 Å². The van der Waals surface area contributed by atoms with E-state index in [1.807, 2.05) is 30.3 Å². The third-order valence-electron chi connectivity index (χ3n) is 3.39. The lowest BCUT2D eigenvalue weighted by atomic mass is 10.0. The lowest BCUT2D eigenvalue weighted by Crippen LogP contribution is -2.32. The smallest absolute Gasteiger partial charge is 0.305 e. The standard InChI is InChI=1S/C14H16ClNO3/c15-8-10-6-13(17)16(9-10)12(7-14(18)19)11-4-2-1-3-5-11/h1-5,10,12H,6-9H2,(H,18,19). The fourth-order valence-electron chi connectivity index (χ4n) is 2.46. The lowest BCUT2D eigenvalue weighted by molar-refractivity contribution is -0.139. The van der Waals surface area contributed by atoms with Gasteiger partial charge in [0.2, 0.25) is 5.91 Å². The average Bonchev–Trinajstić information content (AvgIpc) is 2.78. The number of aliphatic carboxylic acids is 1. The van der Waals surface area contributed by atoms with Crippen LogP contribution in [-0.4, -0.2) is 34.3 Å². The SMILES string of the molecule is O=C(O)CC(c1ccccc1)N1CC(CCl)CC1=O. The maximum atomic E-state index is 12.0. The highest BCUT2D eigenvalue weighted by Gasteiger charge is 2.35. The first-order valence-electron chi connectivity index (χ1n) is 6.24. The van der Waals surface area contributed by atoms with E-state index >= 15 is 0 Å². The molecule has 0 bridgehead atoms. The molecule has 0 saturated carbocycles. The Balaban J connectivity index is 2.23. The number of amides is 1. The van der Waals surface area contributed by atoms with Crippen LogP contribution in [0, 0.1) is 5.92 Å². The van der Waals surface area contributed by atoms with Crippen LogP contribution in [0.3, 0.4) is 0 Å². The number of rotatable bonds is 5. The number of carbonyl (C=O) groups is 2. The van der Waals surface area contributed by atoms with Crippen molar-refractivity contribution in [1.29, 1.82) is 0 Å². The Labute approximate surface area is 117 Å². The molecule has 102 valence electrons. The van der Waals surface area contributed by atoms with Gasteiger partial charge in [-0.1, -0.05) is 30.3 Å². The van der Waals surface area contributed by atoms with Gasteiger partial charge in [-0.15, -0.1) is 11.6 Å². The van der Waals surface area contributed by atoms with Crippen molar-refractivity contribution < 1.29 is 14.7 Å². The van der Waals surface area contributed by atoms with Gasteiger partial charge in [0, 0.05) is 18.8 Å². The number of halogens is 1. The summed E-state index contributed by atoms with van der Waals surface area (Å²) in [6.07, 6.45) is 0.331. The van der Waals surface area contributed by atoms with Crippen LogP contribution in [0.2, 0.25) is 0 Å². The molecule has 0 spiro atoms. The van der Waals surface area contributed by atoms with Gasteiger partial charge in [0.1, 0.15) is 0 Å². The Kier molecular flexibility index (Phi) is 4.43. The fraction of sp³-hybridized carbons (Fsp3) is 0.429. The monoisotopic (exact) mass is 281 g/mol. The molecule has 4 nitrogen and oxygen atoms in total. The summed E-state index contributed by atoms with van der Waals surface area (Å²) >= 11 is 5.80. The predicted molar refractivity (Wildman–Crippen MR) is 72.0 cm³/mol. The van der Waals surface area contributed by atoms with E-state index in [2.05, 4.69) is 0 Å². The number of benzene rings is 1. The Bertz CT molecular complexity index is 463. The minimum Gasteiger partial charge on any atom is -0.481 e. The van der Waals surface area contributed by atoms with Crippen molar-refractivity contribution in [3.05, 3.63) is 35.9 Å². The number of hydrogen-bond acceptors (Lipinski definition) is 2. The first-order valence-corrected chi connectivity index (χ1v) is 6.77. The van der Waals surface area contributed by atoms with Crippen molar-refractivity contribution in [1.82, 2.24) is 4.90 Å².